The molecule has 0 aliphatic rings. The van der Waals surface area contributed by atoms with E-state index in [4.69, 9.17) is 4.74 Å². The minimum absolute atomic E-state index is 0.160. The number of amides is 1. The summed E-state index contributed by atoms with van der Waals surface area (Å²) in [6.45, 7) is 7.89. The molecule has 1 N–H and O–H groups in total. The number of nitrogens with one attached hydrogen (secondary N) is 1. The number of benzene rings is 1. The zero-order valence-electron chi connectivity index (χ0n) is 15.8. The molecule has 0 aliphatic carbocycles. The molecule has 136 valence electrons. The Morgan fingerprint density at radius 1 is 1.23 bits per heavy atom. The summed E-state index contributed by atoms with van der Waals surface area (Å²) >= 11 is 0. The van der Waals surface area contributed by atoms with Gasteiger partial charge in [0, 0.05) is 17.0 Å². The molecule has 1 amide bonds. The van der Waals surface area contributed by atoms with Crippen molar-refractivity contribution in [3.63, 3.8) is 0 Å². The van der Waals surface area contributed by atoms with Crippen LogP contribution in [0.2, 0.25) is 0 Å². The molecule has 0 fully saturated rings. The summed E-state index contributed by atoms with van der Waals surface area (Å²) in [5.41, 5.74) is 2.97. The molecule has 26 heavy (non-hydrogen) atoms. The van der Waals surface area contributed by atoms with Crippen LogP contribution in [0.1, 0.15) is 54.5 Å². The first-order chi connectivity index (χ1) is 12.4. The standard InChI is InChI=1S/C20H24N4O2/c1-12(2)24-19-15(11-21-24)10-17(14(4)22-19)20(25)23-13(3)16-8-6-7-9-18(16)26-5/h6-13H,1-5H3,(H,23,25). The number of carbonyl (C=O) groups is 1. The van der Waals surface area contributed by atoms with Crippen LogP contribution >= 0.6 is 0 Å². The Balaban J connectivity index is 1.89. The summed E-state index contributed by atoms with van der Waals surface area (Å²) in [7, 11) is 1.63. The average molecular weight is 352 g/mol. The van der Waals surface area contributed by atoms with Gasteiger partial charge >= 0.3 is 0 Å². The van der Waals surface area contributed by atoms with E-state index in [1.807, 2.05) is 48.9 Å². The van der Waals surface area contributed by atoms with Crippen LogP contribution in [0, 0.1) is 6.92 Å². The molecule has 6 nitrogen and oxygen atoms in total. The van der Waals surface area contributed by atoms with Crippen LogP contribution in [0.5, 0.6) is 5.75 Å². The first-order valence-electron chi connectivity index (χ1n) is 8.71. The van der Waals surface area contributed by atoms with Gasteiger partial charge in [-0.3, -0.25) is 4.79 Å². The molecular weight excluding hydrogens is 328 g/mol. The van der Waals surface area contributed by atoms with Gasteiger partial charge in [0.05, 0.1) is 30.6 Å². The highest BCUT2D eigenvalue weighted by molar-refractivity contribution is 5.98. The van der Waals surface area contributed by atoms with Crippen molar-refractivity contribution < 1.29 is 9.53 Å². The fourth-order valence-corrected chi connectivity index (χ4v) is 3.05. The fourth-order valence-electron chi connectivity index (χ4n) is 3.05. The predicted octanol–water partition coefficient (Wildman–Crippen LogP) is 3.82. The molecule has 1 atom stereocenters. The molecule has 6 heteroatoms. The minimum atomic E-state index is -0.188. The highest BCUT2D eigenvalue weighted by Crippen LogP contribution is 2.25. The van der Waals surface area contributed by atoms with E-state index in [-0.39, 0.29) is 18.0 Å². The third-order valence-corrected chi connectivity index (χ3v) is 4.45. The Labute approximate surface area is 153 Å². The van der Waals surface area contributed by atoms with Gasteiger partial charge in [-0.15, -0.1) is 0 Å². The number of ether oxygens (including phenoxy) is 1. The van der Waals surface area contributed by atoms with Crippen LogP contribution in [0.3, 0.4) is 0 Å². The molecule has 0 saturated heterocycles. The van der Waals surface area contributed by atoms with Crippen LogP contribution in [0.15, 0.2) is 36.5 Å². The molecule has 1 unspecified atom stereocenters. The first-order valence-corrected chi connectivity index (χ1v) is 8.71. The van der Waals surface area contributed by atoms with Crippen molar-refractivity contribution in [2.75, 3.05) is 7.11 Å². The molecule has 0 radical (unpaired) electrons. The summed E-state index contributed by atoms with van der Waals surface area (Å²) in [4.78, 5) is 17.4. The van der Waals surface area contributed by atoms with Gasteiger partial charge in [-0.1, -0.05) is 18.2 Å². The highest BCUT2D eigenvalue weighted by Gasteiger charge is 2.18. The molecule has 3 rings (SSSR count). The Morgan fingerprint density at radius 2 is 1.96 bits per heavy atom. The van der Waals surface area contributed by atoms with E-state index in [0.717, 1.165) is 22.3 Å². The summed E-state index contributed by atoms with van der Waals surface area (Å²) < 4.78 is 7.25. The number of aryl methyl sites for hydroxylation is 1. The molecule has 0 saturated carbocycles. The summed E-state index contributed by atoms with van der Waals surface area (Å²) in [6.07, 6.45) is 1.75. The van der Waals surface area contributed by atoms with Gasteiger partial charge in [0.2, 0.25) is 0 Å². The maximum atomic E-state index is 12.8. The highest BCUT2D eigenvalue weighted by atomic mass is 16.5. The van der Waals surface area contributed by atoms with Crippen LogP contribution in [-0.4, -0.2) is 27.8 Å². The lowest BCUT2D eigenvalue weighted by Crippen LogP contribution is -2.27. The van der Waals surface area contributed by atoms with Gasteiger partial charge in [0.1, 0.15) is 5.75 Å². The zero-order chi connectivity index (χ0) is 18.8. The smallest absolute Gasteiger partial charge is 0.253 e. The van der Waals surface area contributed by atoms with Gasteiger partial charge in [-0.05, 0) is 39.8 Å². The largest absolute Gasteiger partial charge is 0.496 e. The van der Waals surface area contributed by atoms with Crippen molar-refractivity contribution in [3.05, 3.63) is 53.3 Å². The van der Waals surface area contributed by atoms with Crippen molar-refractivity contribution in [1.29, 1.82) is 0 Å². The van der Waals surface area contributed by atoms with Crippen LogP contribution in [-0.2, 0) is 0 Å². The second-order valence-corrected chi connectivity index (χ2v) is 6.65. The van der Waals surface area contributed by atoms with Crippen molar-refractivity contribution in [1.82, 2.24) is 20.1 Å². The van der Waals surface area contributed by atoms with Gasteiger partial charge in [-0.2, -0.15) is 5.10 Å². The average Bonchev–Trinajstić information content (AvgIpc) is 3.03. The first kappa shape index (κ1) is 17.9. The van der Waals surface area contributed by atoms with Crippen LogP contribution < -0.4 is 10.1 Å². The van der Waals surface area contributed by atoms with E-state index >= 15 is 0 Å². The number of pyridine rings is 1. The number of rotatable bonds is 5. The third-order valence-electron chi connectivity index (χ3n) is 4.45. The number of carbonyl (C=O) groups excluding carboxylic acids is 1. The monoisotopic (exact) mass is 352 g/mol. The Bertz CT molecular complexity index is 946. The zero-order valence-corrected chi connectivity index (χ0v) is 15.8. The molecular formula is C20H24N4O2. The molecule has 2 aromatic heterocycles. The summed E-state index contributed by atoms with van der Waals surface area (Å²) in [5, 5.41) is 8.27. The van der Waals surface area contributed by atoms with E-state index in [0.29, 0.717) is 11.3 Å². The van der Waals surface area contributed by atoms with E-state index in [9.17, 15) is 4.79 Å². The lowest BCUT2D eigenvalue weighted by molar-refractivity contribution is 0.0938. The van der Waals surface area contributed by atoms with Gasteiger partial charge in [-0.25, -0.2) is 9.67 Å². The maximum Gasteiger partial charge on any atom is 0.253 e. The normalized spacial score (nSPS) is 12.4. The number of hydrogen-bond donors (Lipinski definition) is 1. The van der Waals surface area contributed by atoms with Crippen molar-refractivity contribution in [2.45, 2.75) is 39.8 Å². The Hall–Kier alpha value is -2.89. The Morgan fingerprint density at radius 3 is 2.65 bits per heavy atom. The van der Waals surface area contributed by atoms with E-state index < -0.39 is 0 Å². The van der Waals surface area contributed by atoms with E-state index in [2.05, 4.69) is 29.2 Å². The van der Waals surface area contributed by atoms with Crippen LogP contribution in [0.25, 0.3) is 11.0 Å². The SMILES string of the molecule is COc1ccccc1C(C)NC(=O)c1cc2cnn(C(C)C)c2nc1C. The van der Waals surface area contributed by atoms with E-state index in [1.54, 1.807) is 13.3 Å². The van der Waals surface area contributed by atoms with Gasteiger partial charge in [0.25, 0.3) is 5.91 Å². The van der Waals surface area contributed by atoms with Crippen molar-refractivity contribution >= 4 is 16.9 Å². The fraction of sp³-hybridized carbons (Fsp3) is 0.350. The number of aromatic nitrogens is 3. The number of fused-ring (bicyclic) bond motifs is 1. The second-order valence-electron chi connectivity index (χ2n) is 6.65. The molecule has 0 spiro atoms. The molecule has 3 aromatic rings. The number of hydrogen-bond acceptors (Lipinski definition) is 4. The quantitative estimate of drug-likeness (QED) is 0.758. The Kier molecular flexibility index (Phi) is 4.93. The van der Waals surface area contributed by atoms with Crippen molar-refractivity contribution in [2.24, 2.45) is 0 Å². The number of methoxy groups -OCH3 is 1. The maximum absolute atomic E-state index is 12.8. The minimum Gasteiger partial charge on any atom is -0.496 e. The lowest BCUT2D eigenvalue weighted by Gasteiger charge is -2.18. The number of nitrogens with zero attached hydrogens (tertiary/aromatic N) is 3. The molecule has 0 aliphatic heterocycles. The second kappa shape index (κ2) is 7.15. The topological polar surface area (TPSA) is 69.0 Å². The lowest BCUT2D eigenvalue weighted by atomic mass is 10.1. The van der Waals surface area contributed by atoms with Crippen molar-refractivity contribution in [3.8, 4) is 5.75 Å². The van der Waals surface area contributed by atoms with E-state index in [1.165, 1.54) is 0 Å². The van der Waals surface area contributed by atoms with Gasteiger partial charge in [0.15, 0.2) is 5.65 Å². The predicted molar refractivity (Wildman–Crippen MR) is 102 cm³/mol. The third kappa shape index (κ3) is 3.27. The molecule has 2 heterocycles. The van der Waals surface area contributed by atoms with Crippen LogP contribution in [0.4, 0.5) is 0 Å². The molecule has 1 aromatic carbocycles. The summed E-state index contributed by atoms with van der Waals surface area (Å²) in [6, 6.07) is 9.55. The number of para-hydroxylation sites is 1. The molecule has 0 bridgehead atoms. The van der Waals surface area contributed by atoms with Gasteiger partial charge < -0.3 is 10.1 Å². The summed E-state index contributed by atoms with van der Waals surface area (Å²) in [5.74, 6) is 0.594.